The van der Waals surface area contributed by atoms with Crippen LogP contribution in [0.4, 0.5) is 11.4 Å². The number of fused-ring (bicyclic) bond motifs is 1. The van der Waals surface area contributed by atoms with Crippen LogP contribution in [0, 0.1) is 5.92 Å². The molecule has 3 rings (SSSR count). The molecule has 0 bridgehead atoms. The minimum Gasteiger partial charge on any atom is -0.454 e. The van der Waals surface area contributed by atoms with Crippen molar-refractivity contribution in [2.45, 2.75) is 44.9 Å². The van der Waals surface area contributed by atoms with Crippen molar-refractivity contribution in [1.82, 2.24) is 0 Å². The molecule has 1 aromatic rings. The van der Waals surface area contributed by atoms with Crippen molar-refractivity contribution in [3.8, 4) is 11.5 Å². The van der Waals surface area contributed by atoms with Gasteiger partial charge in [0.2, 0.25) is 12.7 Å². The summed E-state index contributed by atoms with van der Waals surface area (Å²) in [7, 11) is 0. The number of ether oxygens (including phenoxy) is 2. The molecular weight excluding hydrogens is 268 g/mol. The minimum atomic E-state index is 0.0196. The summed E-state index contributed by atoms with van der Waals surface area (Å²) in [6.07, 6.45) is 8.01. The molecule has 1 aliphatic heterocycles. The van der Waals surface area contributed by atoms with Gasteiger partial charge in [-0.3, -0.25) is 4.79 Å². The smallest absolute Gasteiger partial charge is 0.231 e. The van der Waals surface area contributed by atoms with E-state index in [1.165, 1.54) is 32.1 Å². The van der Waals surface area contributed by atoms with Gasteiger partial charge >= 0.3 is 0 Å². The van der Waals surface area contributed by atoms with Crippen molar-refractivity contribution < 1.29 is 14.3 Å². The van der Waals surface area contributed by atoms with Crippen LogP contribution in [0.15, 0.2) is 12.1 Å². The van der Waals surface area contributed by atoms with E-state index in [4.69, 9.17) is 15.2 Å². The van der Waals surface area contributed by atoms with Crippen molar-refractivity contribution in [3.05, 3.63) is 12.1 Å². The van der Waals surface area contributed by atoms with Crippen molar-refractivity contribution in [1.29, 1.82) is 0 Å². The van der Waals surface area contributed by atoms with Crippen LogP contribution < -0.4 is 20.5 Å². The zero-order valence-electron chi connectivity index (χ0n) is 12.2. The third kappa shape index (κ3) is 3.40. The molecule has 1 fully saturated rings. The van der Waals surface area contributed by atoms with Gasteiger partial charge in [0.15, 0.2) is 11.5 Å². The van der Waals surface area contributed by atoms with Crippen LogP contribution >= 0.6 is 0 Å². The van der Waals surface area contributed by atoms with Crippen LogP contribution in [0.5, 0.6) is 11.5 Å². The van der Waals surface area contributed by atoms with E-state index in [0.717, 1.165) is 6.42 Å². The second kappa shape index (κ2) is 6.24. The first-order valence-electron chi connectivity index (χ1n) is 7.71. The van der Waals surface area contributed by atoms with Crippen LogP contribution in [0.25, 0.3) is 0 Å². The van der Waals surface area contributed by atoms with Gasteiger partial charge < -0.3 is 20.5 Å². The number of hydrogen-bond donors (Lipinski definition) is 2. The molecule has 1 aromatic carbocycles. The van der Waals surface area contributed by atoms with E-state index in [1.54, 1.807) is 12.1 Å². The Balaban J connectivity index is 1.54. The Morgan fingerprint density at radius 1 is 1.19 bits per heavy atom. The topological polar surface area (TPSA) is 73.6 Å². The molecule has 0 radical (unpaired) electrons. The van der Waals surface area contributed by atoms with Gasteiger partial charge in [-0.25, -0.2) is 0 Å². The molecule has 0 saturated heterocycles. The van der Waals surface area contributed by atoms with E-state index in [0.29, 0.717) is 35.2 Å². The number of benzene rings is 1. The summed E-state index contributed by atoms with van der Waals surface area (Å²) in [5.41, 5.74) is 7.04. The molecule has 1 heterocycles. The standard InChI is InChI=1S/C16H22N2O3/c17-12-8-14-15(21-10-20-14)9-13(12)18-16(19)7-6-11-4-2-1-3-5-11/h8-9,11H,1-7,10,17H2,(H,18,19). The summed E-state index contributed by atoms with van der Waals surface area (Å²) in [5.74, 6) is 1.99. The zero-order chi connectivity index (χ0) is 14.7. The Morgan fingerprint density at radius 2 is 1.90 bits per heavy atom. The average Bonchev–Trinajstić information content (AvgIpc) is 2.94. The molecular formula is C16H22N2O3. The normalized spacial score (nSPS) is 17.7. The molecule has 114 valence electrons. The molecule has 5 heteroatoms. The van der Waals surface area contributed by atoms with Crippen molar-refractivity contribution in [2.24, 2.45) is 5.92 Å². The highest BCUT2D eigenvalue weighted by Gasteiger charge is 2.18. The molecule has 21 heavy (non-hydrogen) atoms. The molecule has 5 nitrogen and oxygen atoms in total. The van der Waals surface area contributed by atoms with Crippen molar-refractivity contribution >= 4 is 17.3 Å². The molecule has 0 unspecified atom stereocenters. The third-order valence-electron chi connectivity index (χ3n) is 4.32. The summed E-state index contributed by atoms with van der Waals surface area (Å²) in [6, 6.07) is 3.43. The summed E-state index contributed by atoms with van der Waals surface area (Å²) >= 11 is 0. The predicted molar refractivity (Wildman–Crippen MR) is 81.4 cm³/mol. The molecule has 0 aromatic heterocycles. The number of carbonyl (C=O) groups is 1. The van der Waals surface area contributed by atoms with Gasteiger partial charge in [-0.1, -0.05) is 32.1 Å². The van der Waals surface area contributed by atoms with Crippen molar-refractivity contribution in [2.75, 3.05) is 17.8 Å². The van der Waals surface area contributed by atoms with Crippen molar-refractivity contribution in [3.63, 3.8) is 0 Å². The lowest BCUT2D eigenvalue weighted by atomic mass is 9.86. The highest BCUT2D eigenvalue weighted by atomic mass is 16.7. The Labute approximate surface area is 124 Å². The van der Waals surface area contributed by atoms with Crippen LogP contribution in [0.2, 0.25) is 0 Å². The highest BCUT2D eigenvalue weighted by molar-refractivity contribution is 5.94. The zero-order valence-corrected chi connectivity index (χ0v) is 12.2. The number of nitrogens with one attached hydrogen (secondary N) is 1. The fourth-order valence-electron chi connectivity index (χ4n) is 3.09. The number of hydrogen-bond acceptors (Lipinski definition) is 4. The minimum absolute atomic E-state index is 0.0196. The first-order valence-corrected chi connectivity index (χ1v) is 7.71. The number of amides is 1. The molecule has 0 atom stereocenters. The summed E-state index contributed by atoms with van der Waals surface area (Å²) in [4.78, 5) is 12.1. The number of nitrogens with two attached hydrogens (primary N) is 1. The van der Waals surface area contributed by atoms with Crippen LogP contribution in [0.3, 0.4) is 0 Å². The Morgan fingerprint density at radius 3 is 2.67 bits per heavy atom. The lowest BCUT2D eigenvalue weighted by molar-refractivity contribution is -0.116. The van der Waals surface area contributed by atoms with Gasteiger partial charge in [-0.15, -0.1) is 0 Å². The monoisotopic (exact) mass is 290 g/mol. The second-order valence-corrected chi connectivity index (χ2v) is 5.88. The van der Waals surface area contributed by atoms with Crippen LogP contribution in [-0.2, 0) is 4.79 Å². The maximum Gasteiger partial charge on any atom is 0.231 e. The highest BCUT2D eigenvalue weighted by Crippen LogP contribution is 2.38. The van der Waals surface area contributed by atoms with Gasteiger partial charge in [-0.05, 0) is 12.3 Å². The SMILES string of the molecule is Nc1cc2c(cc1NC(=O)CCC1CCCCC1)OCO2. The number of anilines is 2. The van der Waals surface area contributed by atoms with Gasteiger partial charge in [0.05, 0.1) is 11.4 Å². The molecule has 1 amide bonds. The largest absolute Gasteiger partial charge is 0.454 e. The van der Waals surface area contributed by atoms with E-state index in [-0.39, 0.29) is 12.7 Å². The Kier molecular flexibility index (Phi) is 4.18. The van der Waals surface area contributed by atoms with E-state index in [1.807, 2.05) is 0 Å². The van der Waals surface area contributed by atoms with Gasteiger partial charge in [0, 0.05) is 18.6 Å². The second-order valence-electron chi connectivity index (χ2n) is 5.88. The van der Waals surface area contributed by atoms with Gasteiger partial charge in [-0.2, -0.15) is 0 Å². The third-order valence-corrected chi connectivity index (χ3v) is 4.32. The molecule has 3 N–H and O–H groups in total. The first kappa shape index (κ1) is 14.0. The maximum absolute atomic E-state index is 12.1. The Hall–Kier alpha value is -1.91. The molecule has 0 spiro atoms. The maximum atomic E-state index is 12.1. The van der Waals surface area contributed by atoms with E-state index in [2.05, 4.69) is 5.32 Å². The summed E-state index contributed by atoms with van der Waals surface area (Å²) in [6.45, 7) is 0.202. The summed E-state index contributed by atoms with van der Waals surface area (Å²) < 4.78 is 10.6. The quantitative estimate of drug-likeness (QED) is 0.834. The number of carbonyl (C=O) groups excluding carboxylic acids is 1. The van der Waals surface area contributed by atoms with E-state index < -0.39 is 0 Å². The fraction of sp³-hybridized carbons (Fsp3) is 0.562. The molecule has 1 aliphatic carbocycles. The number of nitrogen functional groups attached to an aromatic ring is 1. The van der Waals surface area contributed by atoms with Crippen LogP contribution in [-0.4, -0.2) is 12.7 Å². The van der Waals surface area contributed by atoms with Gasteiger partial charge in [0.1, 0.15) is 0 Å². The Bertz CT molecular complexity index is 524. The molecule has 2 aliphatic rings. The predicted octanol–water partition coefficient (Wildman–Crippen LogP) is 3.30. The lowest BCUT2D eigenvalue weighted by Gasteiger charge is -2.21. The van der Waals surface area contributed by atoms with E-state index >= 15 is 0 Å². The van der Waals surface area contributed by atoms with E-state index in [9.17, 15) is 4.79 Å². The van der Waals surface area contributed by atoms with Crippen LogP contribution in [0.1, 0.15) is 44.9 Å². The lowest BCUT2D eigenvalue weighted by Crippen LogP contribution is -2.15. The number of rotatable bonds is 4. The average molecular weight is 290 g/mol. The molecule has 1 saturated carbocycles. The first-order chi connectivity index (χ1) is 10.2. The fourth-order valence-corrected chi connectivity index (χ4v) is 3.09. The summed E-state index contributed by atoms with van der Waals surface area (Å²) in [5, 5.41) is 2.88. The van der Waals surface area contributed by atoms with Gasteiger partial charge in [0.25, 0.3) is 0 Å².